The summed E-state index contributed by atoms with van der Waals surface area (Å²) >= 11 is 0. The first-order valence-electron chi connectivity index (χ1n) is 6.22. The Bertz CT molecular complexity index is 704. The van der Waals surface area contributed by atoms with Crippen LogP contribution in [0.25, 0.3) is 16.7 Å². The maximum absolute atomic E-state index is 13.5. The van der Waals surface area contributed by atoms with Crippen LogP contribution in [-0.2, 0) is 6.42 Å². The molecule has 1 heterocycles. The lowest BCUT2D eigenvalue weighted by molar-refractivity contribution is 0.629. The van der Waals surface area contributed by atoms with Crippen LogP contribution in [0.4, 0.5) is 4.39 Å². The molecular formula is C15H14FN3. The van der Waals surface area contributed by atoms with Gasteiger partial charge in [-0.05, 0) is 30.8 Å². The number of nitrogens with zero attached hydrogens (tertiary/aromatic N) is 2. The van der Waals surface area contributed by atoms with Crippen molar-refractivity contribution in [3.63, 3.8) is 0 Å². The van der Waals surface area contributed by atoms with Gasteiger partial charge in [-0.15, -0.1) is 0 Å². The zero-order valence-electron chi connectivity index (χ0n) is 10.4. The van der Waals surface area contributed by atoms with E-state index in [1.807, 2.05) is 34.9 Å². The summed E-state index contributed by atoms with van der Waals surface area (Å²) in [6, 6.07) is 14.4. The molecule has 96 valence electrons. The molecule has 0 atom stereocenters. The Kier molecular flexibility index (Phi) is 3.01. The van der Waals surface area contributed by atoms with Crippen molar-refractivity contribution in [1.29, 1.82) is 0 Å². The van der Waals surface area contributed by atoms with Crippen LogP contribution in [0.2, 0.25) is 0 Å². The van der Waals surface area contributed by atoms with E-state index in [2.05, 4.69) is 4.98 Å². The van der Waals surface area contributed by atoms with Crippen LogP contribution in [0.15, 0.2) is 48.5 Å². The number of para-hydroxylation sites is 1. The molecule has 19 heavy (non-hydrogen) atoms. The van der Waals surface area contributed by atoms with Crippen molar-refractivity contribution >= 4 is 11.0 Å². The SMILES string of the molecule is NCCc1nc2ccc(F)cc2n1-c1ccccc1. The Morgan fingerprint density at radius 3 is 2.63 bits per heavy atom. The van der Waals surface area contributed by atoms with Gasteiger partial charge in [0.15, 0.2) is 0 Å². The average Bonchev–Trinajstić information content (AvgIpc) is 2.77. The predicted octanol–water partition coefficient (Wildman–Crippen LogP) is 2.67. The number of halogens is 1. The molecule has 0 fully saturated rings. The van der Waals surface area contributed by atoms with Crippen LogP contribution in [0.5, 0.6) is 0 Å². The molecule has 0 saturated carbocycles. The van der Waals surface area contributed by atoms with E-state index in [0.717, 1.165) is 22.5 Å². The second kappa shape index (κ2) is 4.82. The van der Waals surface area contributed by atoms with Gasteiger partial charge in [0.1, 0.15) is 11.6 Å². The Balaban J connectivity index is 2.30. The van der Waals surface area contributed by atoms with Crippen molar-refractivity contribution < 1.29 is 4.39 Å². The van der Waals surface area contributed by atoms with E-state index < -0.39 is 0 Å². The third-order valence-corrected chi connectivity index (χ3v) is 3.07. The number of rotatable bonds is 3. The van der Waals surface area contributed by atoms with Gasteiger partial charge in [-0.3, -0.25) is 4.57 Å². The molecule has 4 heteroatoms. The van der Waals surface area contributed by atoms with Gasteiger partial charge < -0.3 is 5.73 Å². The monoisotopic (exact) mass is 255 g/mol. The van der Waals surface area contributed by atoms with Gasteiger partial charge in [0.05, 0.1) is 11.0 Å². The van der Waals surface area contributed by atoms with Gasteiger partial charge in [-0.2, -0.15) is 0 Å². The molecule has 0 spiro atoms. The number of hydrogen-bond acceptors (Lipinski definition) is 2. The Morgan fingerprint density at radius 2 is 1.89 bits per heavy atom. The van der Waals surface area contributed by atoms with E-state index in [-0.39, 0.29) is 5.82 Å². The van der Waals surface area contributed by atoms with Crippen LogP contribution in [0.1, 0.15) is 5.82 Å². The molecule has 2 aromatic carbocycles. The normalized spacial score (nSPS) is 11.1. The third kappa shape index (κ3) is 2.11. The molecule has 3 aromatic rings. The summed E-state index contributed by atoms with van der Waals surface area (Å²) < 4.78 is 15.4. The number of nitrogens with two attached hydrogens (primary N) is 1. The van der Waals surface area contributed by atoms with Gasteiger partial charge in [-0.1, -0.05) is 18.2 Å². The lowest BCUT2D eigenvalue weighted by atomic mass is 10.2. The van der Waals surface area contributed by atoms with Crippen molar-refractivity contribution in [1.82, 2.24) is 9.55 Å². The zero-order chi connectivity index (χ0) is 13.2. The van der Waals surface area contributed by atoms with E-state index >= 15 is 0 Å². The minimum Gasteiger partial charge on any atom is -0.330 e. The fraction of sp³-hybridized carbons (Fsp3) is 0.133. The van der Waals surface area contributed by atoms with E-state index in [1.165, 1.54) is 12.1 Å². The standard InChI is InChI=1S/C15H14FN3/c16-11-6-7-13-14(10-11)19(15(18-13)8-9-17)12-4-2-1-3-5-12/h1-7,10H,8-9,17H2. The lowest BCUT2D eigenvalue weighted by Gasteiger charge is -2.08. The summed E-state index contributed by atoms with van der Waals surface area (Å²) in [6.07, 6.45) is 0.658. The van der Waals surface area contributed by atoms with Crippen LogP contribution < -0.4 is 5.73 Å². The second-order valence-corrected chi connectivity index (χ2v) is 4.37. The largest absolute Gasteiger partial charge is 0.330 e. The van der Waals surface area contributed by atoms with Gasteiger partial charge >= 0.3 is 0 Å². The summed E-state index contributed by atoms with van der Waals surface area (Å²) in [5, 5.41) is 0. The van der Waals surface area contributed by atoms with Crippen molar-refractivity contribution in [2.75, 3.05) is 6.54 Å². The van der Waals surface area contributed by atoms with Crippen LogP contribution in [0, 0.1) is 5.82 Å². The summed E-state index contributed by atoms with van der Waals surface area (Å²) in [4.78, 5) is 4.54. The number of hydrogen-bond donors (Lipinski definition) is 1. The van der Waals surface area contributed by atoms with Gasteiger partial charge in [0, 0.05) is 18.2 Å². The van der Waals surface area contributed by atoms with Crippen molar-refractivity contribution in [3.8, 4) is 5.69 Å². The first kappa shape index (κ1) is 11.9. The highest BCUT2D eigenvalue weighted by Gasteiger charge is 2.12. The maximum Gasteiger partial charge on any atom is 0.125 e. The number of aromatic nitrogens is 2. The molecule has 2 N–H and O–H groups in total. The fourth-order valence-electron chi connectivity index (χ4n) is 2.26. The molecule has 0 saturated heterocycles. The quantitative estimate of drug-likeness (QED) is 0.782. The van der Waals surface area contributed by atoms with Crippen molar-refractivity contribution in [3.05, 3.63) is 60.2 Å². The summed E-state index contributed by atoms with van der Waals surface area (Å²) in [7, 11) is 0. The molecule has 0 amide bonds. The number of benzene rings is 2. The van der Waals surface area contributed by atoms with Crippen molar-refractivity contribution in [2.24, 2.45) is 5.73 Å². The Labute approximate surface area is 110 Å². The highest BCUT2D eigenvalue weighted by Crippen LogP contribution is 2.22. The van der Waals surface area contributed by atoms with Crippen LogP contribution in [0.3, 0.4) is 0 Å². The van der Waals surface area contributed by atoms with Crippen LogP contribution >= 0.6 is 0 Å². The van der Waals surface area contributed by atoms with Crippen molar-refractivity contribution in [2.45, 2.75) is 6.42 Å². The van der Waals surface area contributed by atoms with Gasteiger partial charge in [-0.25, -0.2) is 9.37 Å². The number of imidazole rings is 1. The summed E-state index contributed by atoms with van der Waals surface area (Å²) in [5.74, 6) is 0.596. The van der Waals surface area contributed by atoms with Gasteiger partial charge in [0.25, 0.3) is 0 Å². The summed E-state index contributed by atoms with van der Waals surface area (Å²) in [6.45, 7) is 0.513. The molecule has 0 bridgehead atoms. The first-order valence-corrected chi connectivity index (χ1v) is 6.22. The molecule has 0 aliphatic heterocycles. The smallest absolute Gasteiger partial charge is 0.125 e. The van der Waals surface area contributed by atoms with E-state index in [9.17, 15) is 4.39 Å². The first-order chi connectivity index (χ1) is 9.29. The topological polar surface area (TPSA) is 43.8 Å². The third-order valence-electron chi connectivity index (χ3n) is 3.07. The maximum atomic E-state index is 13.5. The molecule has 1 aromatic heterocycles. The molecule has 0 aliphatic carbocycles. The van der Waals surface area contributed by atoms with Crippen LogP contribution in [-0.4, -0.2) is 16.1 Å². The summed E-state index contributed by atoms with van der Waals surface area (Å²) in [5.41, 5.74) is 8.16. The minimum absolute atomic E-state index is 0.260. The number of fused-ring (bicyclic) bond motifs is 1. The molecular weight excluding hydrogens is 241 g/mol. The average molecular weight is 255 g/mol. The minimum atomic E-state index is -0.260. The Morgan fingerprint density at radius 1 is 1.11 bits per heavy atom. The molecule has 3 rings (SSSR count). The Hall–Kier alpha value is -2.20. The fourth-order valence-corrected chi connectivity index (χ4v) is 2.26. The predicted molar refractivity (Wildman–Crippen MR) is 73.8 cm³/mol. The molecule has 0 radical (unpaired) electrons. The molecule has 3 nitrogen and oxygen atoms in total. The molecule has 0 aliphatic rings. The van der Waals surface area contributed by atoms with E-state index in [0.29, 0.717) is 13.0 Å². The zero-order valence-corrected chi connectivity index (χ0v) is 10.4. The van der Waals surface area contributed by atoms with Gasteiger partial charge in [0.2, 0.25) is 0 Å². The highest BCUT2D eigenvalue weighted by atomic mass is 19.1. The highest BCUT2D eigenvalue weighted by molar-refractivity contribution is 5.78. The lowest BCUT2D eigenvalue weighted by Crippen LogP contribution is -2.08. The molecule has 0 unspecified atom stereocenters. The van der Waals surface area contributed by atoms with E-state index in [1.54, 1.807) is 6.07 Å². The second-order valence-electron chi connectivity index (χ2n) is 4.37. The van der Waals surface area contributed by atoms with E-state index in [4.69, 9.17) is 5.73 Å².